The Kier molecular flexibility index (Phi) is 4.27. The summed E-state index contributed by atoms with van der Waals surface area (Å²) in [4.78, 5) is 0. The molecule has 1 fully saturated rings. The molecule has 0 radical (unpaired) electrons. The van der Waals surface area contributed by atoms with E-state index in [4.69, 9.17) is 16.3 Å². The largest absolute Gasteiger partial charge is 0.486 e. The molecule has 2 atom stereocenters. The lowest BCUT2D eigenvalue weighted by molar-refractivity contribution is 0.194. The molecular formula is C14H18ClFO. The SMILES string of the molecule is CCCC1CCC(Oc2c(F)cccc2Cl)C1. The van der Waals surface area contributed by atoms with Gasteiger partial charge in [-0.25, -0.2) is 4.39 Å². The number of rotatable bonds is 4. The van der Waals surface area contributed by atoms with E-state index >= 15 is 0 Å². The van der Waals surface area contributed by atoms with Crippen LogP contribution in [0.3, 0.4) is 0 Å². The van der Waals surface area contributed by atoms with Gasteiger partial charge in [0, 0.05) is 0 Å². The van der Waals surface area contributed by atoms with Crippen LogP contribution in [0.5, 0.6) is 5.75 Å². The third kappa shape index (κ3) is 3.12. The van der Waals surface area contributed by atoms with Gasteiger partial charge in [0.25, 0.3) is 0 Å². The third-order valence-electron chi connectivity index (χ3n) is 3.39. The van der Waals surface area contributed by atoms with Crippen molar-refractivity contribution in [2.24, 2.45) is 5.92 Å². The van der Waals surface area contributed by atoms with Gasteiger partial charge < -0.3 is 4.74 Å². The van der Waals surface area contributed by atoms with Crippen LogP contribution in [0.2, 0.25) is 5.02 Å². The molecule has 1 saturated carbocycles. The molecule has 17 heavy (non-hydrogen) atoms. The summed E-state index contributed by atoms with van der Waals surface area (Å²) >= 11 is 5.94. The fourth-order valence-corrected chi connectivity index (χ4v) is 2.78. The molecule has 0 aliphatic heterocycles. The van der Waals surface area contributed by atoms with E-state index in [0.29, 0.717) is 5.02 Å². The Balaban J connectivity index is 1.98. The molecule has 0 saturated heterocycles. The van der Waals surface area contributed by atoms with Crippen LogP contribution in [0.25, 0.3) is 0 Å². The summed E-state index contributed by atoms with van der Waals surface area (Å²) in [7, 11) is 0. The van der Waals surface area contributed by atoms with E-state index in [9.17, 15) is 4.39 Å². The Morgan fingerprint density at radius 3 is 2.94 bits per heavy atom. The summed E-state index contributed by atoms with van der Waals surface area (Å²) in [6, 6.07) is 4.65. The molecule has 1 aromatic rings. The maximum absolute atomic E-state index is 13.5. The van der Waals surface area contributed by atoms with Gasteiger partial charge in [-0.15, -0.1) is 0 Å². The summed E-state index contributed by atoms with van der Waals surface area (Å²) in [6.45, 7) is 2.20. The smallest absolute Gasteiger partial charge is 0.173 e. The van der Waals surface area contributed by atoms with Gasteiger partial charge in [-0.1, -0.05) is 37.4 Å². The Morgan fingerprint density at radius 1 is 1.41 bits per heavy atom. The fourth-order valence-electron chi connectivity index (χ4n) is 2.57. The molecule has 1 aliphatic rings. The molecule has 0 bridgehead atoms. The van der Waals surface area contributed by atoms with Crippen LogP contribution in [-0.2, 0) is 0 Å². The Morgan fingerprint density at radius 2 is 2.24 bits per heavy atom. The number of hydrogen-bond donors (Lipinski definition) is 0. The van der Waals surface area contributed by atoms with Crippen molar-refractivity contribution >= 4 is 11.6 Å². The Hall–Kier alpha value is -0.760. The number of ether oxygens (including phenoxy) is 1. The van der Waals surface area contributed by atoms with Crippen LogP contribution in [0, 0.1) is 11.7 Å². The van der Waals surface area contributed by atoms with E-state index in [1.165, 1.54) is 25.3 Å². The molecule has 0 N–H and O–H groups in total. The lowest BCUT2D eigenvalue weighted by Crippen LogP contribution is -2.13. The molecule has 0 amide bonds. The Labute approximate surface area is 107 Å². The van der Waals surface area contributed by atoms with Crippen molar-refractivity contribution < 1.29 is 9.13 Å². The van der Waals surface area contributed by atoms with Gasteiger partial charge in [0.2, 0.25) is 0 Å². The van der Waals surface area contributed by atoms with Crippen molar-refractivity contribution in [3.8, 4) is 5.75 Å². The van der Waals surface area contributed by atoms with Crippen LogP contribution in [0.15, 0.2) is 18.2 Å². The van der Waals surface area contributed by atoms with Gasteiger partial charge in [0.15, 0.2) is 11.6 Å². The van der Waals surface area contributed by atoms with Gasteiger partial charge in [-0.2, -0.15) is 0 Å². The lowest BCUT2D eigenvalue weighted by atomic mass is 10.0. The van der Waals surface area contributed by atoms with Crippen LogP contribution in [0.4, 0.5) is 4.39 Å². The van der Waals surface area contributed by atoms with E-state index < -0.39 is 0 Å². The van der Waals surface area contributed by atoms with Gasteiger partial charge in [-0.3, -0.25) is 0 Å². The van der Waals surface area contributed by atoms with E-state index in [2.05, 4.69) is 6.92 Å². The topological polar surface area (TPSA) is 9.23 Å². The zero-order valence-electron chi connectivity index (χ0n) is 10.1. The van der Waals surface area contributed by atoms with Crippen LogP contribution in [0.1, 0.15) is 39.0 Å². The first-order valence-electron chi connectivity index (χ1n) is 6.31. The first-order chi connectivity index (χ1) is 8.20. The highest BCUT2D eigenvalue weighted by Gasteiger charge is 2.26. The van der Waals surface area contributed by atoms with Crippen molar-refractivity contribution in [2.45, 2.75) is 45.1 Å². The minimum Gasteiger partial charge on any atom is -0.486 e. The Bertz CT molecular complexity index is 360. The van der Waals surface area contributed by atoms with Crippen LogP contribution in [-0.4, -0.2) is 6.10 Å². The highest BCUT2D eigenvalue weighted by atomic mass is 35.5. The highest BCUT2D eigenvalue weighted by molar-refractivity contribution is 6.32. The number of halogens is 2. The summed E-state index contributed by atoms with van der Waals surface area (Å²) in [6.07, 6.45) is 5.79. The maximum atomic E-state index is 13.5. The van der Waals surface area contributed by atoms with E-state index in [-0.39, 0.29) is 17.7 Å². The standard InChI is InChI=1S/C14H18ClFO/c1-2-4-10-7-8-11(9-10)17-14-12(15)5-3-6-13(14)16/h3,5-6,10-11H,2,4,7-9H2,1H3. The molecule has 2 unspecified atom stereocenters. The van der Waals surface area contributed by atoms with E-state index in [1.54, 1.807) is 12.1 Å². The summed E-state index contributed by atoms with van der Waals surface area (Å²) in [5, 5.41) is 0.365. The van der Waals surface area contributed by atoms with Crippen molar-refractivity contribution in [1.82, 2.24) is 0 Å². The molecule has 0 spiro atoms. The second-order valence-electron chi connectivity index (χ2n) is 4.76. The molecule has 3 heteroatoms. The van der Waals surface area contributed by atoms with Crippen LogP contribution < -0.4 is 4.74 Å². The van der Waals surface area contributed by atoms with Gasteiger partial charge >= 0.3 is 0 Å². The molecule has 94 valence electrons. The van der Waals surface area contributed by atoms with Crippen molar-refractivity contribution in [3.05, 3.63) is 29.0 Å². The fraction of sp³-hybridized carbons (Fsp3) is 0.571. The molecule has 1 nitrogen and oxygen atoms in total. The number of benzene rings is 1. The first kappa shape index (κ1) is 12.7. The first-order valence-corrected chi connectivity index (χ1v) is 6.69. The van der Waals surface area contributed by atoms with Crippen molar-refractivity contribution in [2.75, 3.05) is 0 Å². The van der Waals surface area contributed by atoms with E-state index in [1.807, 2.05) is 0 Å². The van der Waals surface area contributed by atoms with Gasteiger partial charge in [0.1, 0.15) is 0 Å². The molecule has 1 aromatic carbocycles. The van der Waals surface area contributed by atoms with Crippen molar-refractivity contribution in [1.29, 1.82) is 0 Å². The quantitative estimate of drug-likeness (QED) is 0.750. The second-order valence-corrected chi connectivity index (χ2v) is 5.17. The summed E-state index contributed by atoms with van der Waals surface area (Å²) in [5.41, 5.74) is 0. The van der Waals surface area contributed by atoms with E-state index in [0.717, 1.165) is 18.8 Å². The monoisotopic (exact) mass is 256 g/mol. The van der Waals surface area contributed by atoms with Crippen molar-refractivity contribution in [3.63, 3.8) is 0 Å². The highest BCUT2D eigenvalue weighted by Crippen LogP contribution is 2.35. The lowest BCUT2D eigenvalue weighted by Gasteiger charge is -2.15. The minimum absolute atomic E-state index is 0.126. The molecule has 0 heterocycles. The summed E-state index contributed by atoms with van der Waals surface area (Å²) < 4.78 is 19.2. The zero-order chi connectivity index (χ0) is 12.3. The third-order valence-corrected chi connectivity index (χ3v) is 3.69. The van der Waals surface area contributed by atoms with Gasteiger partial charge in [0.05, 0.1) is 11.1 Å². The van der Waals surface area contributed by atoms with Crippen LogP contribution >= 0.6 is 11.6 Å². The molecule has 2 rings (SSSR count). The predicted molar refractivity (Wildman–Crippen MR) is 68.1 cm³/mol. The normalized spacial score (nSPS) is 23.9. The summed E-state index contributed by atoms with van der Waals surface area (Å²) in [5.74, 6) is 0.586. The minimum atomic E-state index is -0.364. The average molecular weight is 257 g/mol. The second kappa shape index (κ2) is 5.72. The molecular weight excluding hydrogens is 239 g/mol. The van der Waals surface area contributed by atoms with Gasteiger partial charge in [-0.05, 0) is 37.3 Å². The average Bonchev–Trinajstić information content (AvgIpc) is 2.72. The number of para-hydroxylation sites is 1. The number of hydrogen-bond acceptors (Lipinski definition) is 1. The zero-order valence-corrected chi connectivity index (χ0v) is 10.8. The maximum Gasteiger partial charge on any atom is 0.173 e. The predicted octanol–water partition coefficient (Wildman–Crippen LogP) is 4.83. The molecule has 1 aliphatic carbocycles. The molecule has 0 aromatic heterocycles.